The Balaban J connectivity index is 1.07. The van der Waals surface area contributed by atoms with Crippen LogP contribution in [0.1, 0.15) is 28.4 Å². The first kappa shape index (κ1) is 19.8. The molecule has 164 valence electrons. The van der Waals surface area contributed by atoms with Crippen LogP contribution in [0, 0.1) is 0 Å². The fourth-order valence-electron chi connectivity index (χ4n) is 4.62. The van der Waals surface area contributed by atoms with Gasteiger partial charge in [-0.15, -0.1) is 15.3 Å². The van der Waals surface area contributed by atoms with Crippen LogP contribution >= 0.6 is 0 Å². The predicted octanol–water partition coefficient (Wildman–Crippen LogP) is 0.421. The second-order valence-electron chi connectivity index (χ2n) is 8.62. The minimum atomic E-state index is -0.0805. The summed E-state index contributed by atoms with van der Waals surface area (Å²) < 4.78 is 5.72. The summed E-state index contributed by atoms with van der Waals surface area (Å²) in [4.78, 5) is 23.4. The van der Waals surface area contributed by atoms with Crippen molar-refractivity contribution in [3.8, 4) is 11.5 Å². The Kier molecular flexibility index (Phi) is 4.93. The molecule has 33 heavy (non-hydrogen) atoms. The quantitative estimate of drug-likeness (QED) is 0.443. The van der Waals surface area contributed by atoms with Gasteiger partial charge < -0.3 is 9.32 Å². The van der Waals surface area contributed by atoms with Crippen LogP contribution in [-0.2, 0) is 37.0 Å². The topological polar surface area (TPSA) is 127 Å². The number of nitrogens with zero attached hydrogens (tertiary/aromatic N) is 7. The van der Waals surface area contributed by atoms with Gasteiger partial charge in [-0.05, 0) is 29.8 Å². The molecule has 4 aromatic rings. The lowest BCUT2D eigenvalue weighted by Crippen LogP contribution is -2.37. The van der Waals surface area contributed by atoms with Crippen LogP contribution in [0.3, 0.4) is 0 Å². The number of benzene rings is 1. The second kappa shape index (κ2) is 8.23. The molecule has 10 nitrogen and oxygen atoms in total. The van der Waals surface area contributed by atoms with Crippen LogP contribution in [0.2, 0.25) is 5.82 Å². The van der Waals surface area contributed by atoms with Crippen molar-refractivity contribution in [2.24, 2.45) is 0 Å². The van der Waals surface area contributed by atoms with Crippen molar-refractivity contribution in [3.63, 3.8) is 0 Å². The van der Waals surface area contributed by atoms with Crippen LogP contribution in [-0.4, -0.2) is 60.2 Å². The van der Waals surface area contributed by atoms with Gasteiger partial charge in [0.15, 0.2) is 0 Å². The highest BCUT2D eigenvalue weighted by Crippen LogP contribution is 2.29. The molecule has 0 spiro atoms. The molecule has 1 aliphatic heterocycles. The molecule has 1 aromatic carbocycles. The van der Waals surface area contributed by atoms with E-state index < -0.39 is 0 Å². The third-order valence-corrected chi connectivity index (χ3v) is 6.36. The SMILES string of the molecule is O=C(Cc1nnc(-c2cnc(BC3Cc4ccccc4C3)nc2)o1)N1CCc2[nH]nnc2C1. The minimum Gasteiger partial charge on any atom is -0.420 e. The first-order valence-electron chi connectivity index (χ1n) is 11.1. The summed E-state index contributed by atoms with van der Waals surface area (Å²) in [5, 5.41) is 18.8. The lowest BCUT2D eigenvalue weighted by Gasteiger charge is -2.25. The normalized spacial score (nSPS) is 15.3. The number of aromatic nitrogens is 7. The fraction of sp³-hybridized carbons (Fsp3) is 0.318. The number of hydrogen-bond donors (Lipinski definition) is 1. The molecular weight excluding hydrogens is 419 g/mol. The highest BCUT2D eigenvalue weighted by atomic mass is 16.4. The van der Waals surface area contributed by atoms with Crippen molar-refractivity contribution in [1.82, 2.24) is 40.5 Å². The van der Waals surface area contributed by atoms with Gasteiger partial charge in [-0.2, -0.15) is 0 Å². The zero-order valence-electron chi connectivity index (χ0n) is 17.9. The Morgan fingerprint density at radius 3 is 2.70 bits per heavy atom. The third-order valence-electron chi connectivity index (χ3n) is 6.36. The van der Waals surface area contributed by atoms with E-state index in [2.05, 4.69) is 59.8 Å². The van der Waals surface area contributed by atoms with E-state index >= 15 is 0 Å². The number of carbonyl (C=O) groups is 1. The van der Waals surface area contributed by atoms with Crippen LogP contribution in [0.25, 0.3) is 11.5 Å². The van der Waals surface area contributed by atoms with Gasteiger partial charge in [0.05, 0.1) is 23.5 Å². The average molecular weight is 440 g/mol. The molecule has 0 unspecified atom stereocenters. The van der Waals surface area contributed by atoms with Crippen molar-refractivity contribution >= 4 is 18.9 Å². The fourth-order valence-corrected chi connectivity index (χ4v) is 4.62. The largest absolute Gasteiger partial charge is 0.420 e. The summed E-state index contributed by atoms with van der Waals surface area (Å²) in [5.74, 6) is 1.03. The molecule has 4 heterocycles. The van der Waals surface area contributed by atoms with E-state index in [9.17, 15) is 4.79 Å². The Hall–Kier alpha value is -3.89. The second-order valence-corrected chi connectivity index (χ2v) is 8.62. The van der Waals surface area contributed by atoms with E-state index in [-0.39, 0.29) is 18.2 Å². The molecule has 3 aromatic heterocycles. The molecule has 6 rings (SSSR count). The summed E-state index contributed by atoms with van der Waals surface area (Å²) >= 11 is 0. The summed E-state index contributed by atoms with van der Waals surface area (Å²) in [6.45, 7) is 1.05. The number of carbonyl (C=O) groups excluding carboxylic acids is 1. The maximum atomic E-state index is 12.7. The Labute approximate surface area is 190 Å². The van der Waals surface area contributed by atoms with Gasteiger partial charge in [-0.1, -0.05) is 29.5 Å². The smallest absolute Gasteiger partial charge is 0.250 e. The van der Waals surface area contributed by atoms with Crippen molar-refractivity contribution in [2.45, 2.75) is 38.0 Å². The molecule has 0 saturated carbocycles. The molecule has 0 atom stereocenters. The standard InChI is InChI=1S/C22H21BN8O2/c32-20(31-6-5-17-18(12-31)27-30-26-17)9-19-28-29-21(33-19)15-10-24-22(25-11-15)23-16-7-13-3-1-2-4-14(13)8-16/h1-4,10-11,16,23H,5-9,12H2,(H,26,27,30). The lowest BCUT2D eigenvalue weighted by atomic mass is 9.62. The van der Waals surface area contributed by atoms with E-state index in [1.54, 1.807) is 17.3 Å². The van der Waals surface area contributed by atoms with Gasteiger partial charge in [-0.3, -0.25) is 19.9 Å². The highest BCUT2D eigenvalue weighted by Gasteiger charge is 2.25. The highest BCUT2D eigenvalue weighted by molar-refractivity contribution is 6.53. The first-order chi connectivity index (χ1) is 16.2. The van der Waals surface area contributed by atoms with Crippen LogP contribution in [0.4, 0.5) is 0 Å². The minimum absolute atomic E-state index is 0.0430. The number of amides is 1. The monoisotopic (exact) mass is 440 g/mol. The van der Waals surface area contributed by atoms with Crippen molar-refractivity contribution in [1.29, 1.82) is 0 Å². The van der Waals surface area contributed by atoms with Gasteiger partial charge in [0, 0.05) is 25.4 Å². The number of hydrogen-bond acceptors (Lipinski definition) is 8. The van der Waals surface area contributed by atoms with Crippen LogP contribution < -0.4 is 5.72 Å². The summed E-state index contributed by atoms with van der Waals surface area (Å²) in [6, 6.07) is 8.59. The molecule has 1 aliphatic carbocycles. The molecule has 11 heteroatoms. The molecule has 0 fully saturated rings. The molecule has 1 N–H and O–H groups in total. The molecule has 0 radical (unpaired) electrons. The van der Waals surface area contributed by atoms with Crippen LogP contribution in [0.15, 0.2) is 41.1 Å². The molecule has 1 amide bonds. The van der Waals surface area contributed by atoms with E-state index in [1.165, 1.54) is 11.1 Å². The number of nitrogens with one attached hydrogen (secondary N) is 1. The number of fused-ring (bicyclic) bond motifs is 2. The Morgan fingerprint density at radius 2 is 1.91 bits per heavy atom. The molecular formula is C22H21BN8O2. The average Bonchev–Trinajstić information content (AvgIpc) is 3.58. The van der Waals surface area contributed by atoms with E-state index in [0.717, 1.165) is 37.2 Å². The predicted molar refractivity (Wildman–Crippen MR) is 119 cm³/mol. The first-order valence-corrected chi connectivity index (χ1v) is 11.1. The molecule has 0 bridgehead atoms. The maximum absolute atomic E-state index is 12.7. The third kappa shape index (κ3) is 4.01. The van der Waals surface area contributed by atoms with Gasteiger partial charge in [0.1, 0.15) is 12.1 Å². The summed E-state index contributed by atoms with van der Waals surface area (Å²) in [7, 11) is 0.835. The summed E-state index contributed by atoms with van der Waals surface area (Å²) in [6.07, 6.45) is 6.30. The van der Waals surface area contributed by atoms with Gasteiger partial charge >= 0.3 is 0 Å². The van der Waals surface area contributed by atoms with Crippen molar-refractivity contribution < 1.29 is 9.21 Å². The van der Waals surface area contributed by atoms with Gasteiger partial charge in [-0.25, -0.2) is 0 Å². The van der Waals surface area contributed by atoms with Crippen molar-refractivity contribution in [3.05, 3.63) is 65.1 Å². The number of rotatable bonds is 5. The number of H-pyrrole nitrogens is 1. The molecule has 2 aliphatic rings. The van der Waals surface area contributed by atoms with E-state index in [1.807, 2.05) is 0 Å². The van der Waals surface area contributed by atoms with Crippen molar-refractivity contribution in [2.75, 3.05) is 6.54 Å². The zero-order chi connectivity index (χ0) is 22.2. The summed E-state index contributed by atoms with van der Waals surface area (Å²) in [5.41, 5.74) is 6.10. The van der Waals surface area contributed by atoms with Crippen LogP contribution in [0.5, 0.6) is 0 Å². The van der Waals surface area contributed by atoms with E-state index in [0.29, 0.717) is 36.8 Å². The Morgan fingerprint density at radius 1 is 1.12 bits per heavy atom. The molecule has 0 saturated heterocycles. The van der Waals surface area contributed by atoms with E-state index in [4.69, 9.17) is 4.42 Å². The lowest BCUT2D eigenvalue weighted by molar-refractivity contribution is -0.131. The Bertz CT molecular complexity index is 1280. The van der Waals surface area contributed by atoms with Gasteiger partial charge in [0.25, 0.3) is 5.89 Å². The number of aromatic amines is 1. The zero-order valence-corrected chi connectivity index (χ0v) is 17.9. The van der Waals surface area contributed by atoms with Gasteiger partial charge in [0.2, 0.25) is 19.1 Å². The maximum Gasteiger partial charge on any atom is 0.250 e.